The first kappa shape index (κ1) is 14.5. The number of nitrogens with zero attached hydrogens (tertiary/aromatic N) is 2. The summed E-state index contributed by atoms with van der Waals surface area (Å²) < 4.78 is 5.30. The van der Waals surface area contributed by atoms with E-state index in [0.717, 1.165) is 42.8 Å². The van der Waals surface area contributed by atoms with Gasteiger partial charge < -0.3 is 9.63 Å². The Hall–Kier alpha value is -0.900. The predicted octanol–water partition coefficient (Wildman–Crippen LogP) is 3.31. The Kier molecular flexibility index (Phi) is 5.37. The fraction of sp³-hybridized carbons (Fsp3) is 0.867. The summed E-state index contributed by atoms with van der Waals surface area (Å²) in [5.41, 5.74) is 0. The second-order valence-corrected chi connectivity index (χ2v) is 6.08. The number of rotatable bonds is 6. The molecule has 1 aromatic rings. The smallest absolute Gasteiger partial charge is 0.226 e. The highest BCUT2D eigenvalue weighted by Gasteiger charge is 2.27. The lowest BCUT2D eigenvalue weighted by atomic mass is 9.77. The molecule has 4 nitrogen and oxygen atoms in total. The van der Waals surface area contributed by atoms with E-state index in [2.05, 4.69) is 24.0 Å². The van der Waals surface area contributed by atoms with Gasteiger partial charge in [0, 0.05) is 18.9 Å². The second kappa shape index (κ2) is 7.04. The van der Waals surface area contributed by atoms with E-state index in [4.69, 9.17) is 9.63 Å². The number of hydrogen-bond donors (Lipinski definition) is 1. The highest BCUT2D eigenvalue weighted by molar-refractivity contribution is 4.98. The van der Waals surface area contributed by atoms with Gasteiger partial charge in [-0.1, -0.05) is 19.0 Å². The van der Waals surface area contributed by atoms with Gasteiger partial charge in [-0.15, -0.1) is 0 Å². The summed E-state index contributed by atoms with van der Waals surface area (Å²) in [6.07, 6.45) is 7.47. The highest BCUT2D eigenvalue weighted by Crippen LogP contribution is 2.37. The van der Waals surface area contributed by atoms with Crippen LogP contribution in [0.5, 0.6) is 0 Å². The molecule has 0 saturated heterocycles. The van der Waals surface area contributed by atoms with E-state index in [1.54, 1.807) is 0 Å². The molecule has 0 aliphatic heterocycles. The van der Waals surface area contributed by atoms with Gasteiger partial charge in [-0.2, -0.15) is 4.98 Å². The molecule has 0 radical (unpaired) electrons. The van der Waals surface area contributed by atoms with Crippen molar-refractivity contribution in [2.75, 3.05) is 6.61 Å². The molecule has 0 unspecified atom stereocenters. The third kappa shape index (κ3) is 4.03. The first-order chi connectivity index (χ1) is 9.20. The van der Waals surface area contributed by atoms with Crippen LogP contribution in [0.15, 0.2) is 4.52 Å². The van der Waals surface area contributed by atoms with Crippen LogP contribution in [0.4, 0.5) is 0 Å². The van der Waals surface area contributed by atoms with Gasteiger partial charge in [0.2, 0.25) is 5.89 Å². The maximum Gasteiger partial charge on any atom is 0.226 e. The molecule has 2 rings (SSSR count). The minimum Gasteiger partial charge on any atom is -0.396 e. The Bertz CT molecular complexity index is 368. The fourth-order valence-corrected chi connectivity index (χ4v) is 2.97. The second-order valence-electron chi connectivity index (χ2n) is 6.08. The normalized spacial score (nSPS) is 24.0. The number of aliphatic hydroxyl groups is 1. The molecule has 0 bridgehead atoms. The van der Waals surface area contributed by atoms with Crippen LogP contribution in [0.25, 0.3) is 0 Å². The Morgan fingerprint density at radius 2 is 1.95 bits per heavy atom. The van der Waals surface area contributed by atoms with E-state index in [1.807, 2.05) is 0 Å². The summed E-state index contributed by atoms with van der Waals surface area (Å²) in [4.78, 5) is 4.52. The summed E-state index contributed by atoms with van der Waals surface area (Å²) in [6.45, 7) is 4.87. The molecular weight excluding hydrogens is 240 g/mol. The Morgan fingerprint density at radius 1 is 1.21 bits per heavy atom. The average molecular weight is 266 g/mol. The van der Waals surface area contributed by atoms with Crippen molar-refractivity contribution in [2.45, 2.75) is 64.7 Å². The van der Waals surface area contributed by atoms with Crippen molar-refractivity contribution in [1.29, 1.82) is 0 Å². The molecule has 0 spiro atoms. The first-order valence-corrected chi connectivity index (χ1v) is 7.64. The predicted molar refractivity (Wildman–Crippen MR) is 73.9 cm³/mol. The molecule has 19 heavy (non-hydrogen) atoms. The lowest BCUT2D eigenvalue weighted by Crippen LogP contribution is -2.18. The van der Waals surface area contributed by atoms with E-state index < -0.39 is 0 Å². The average Bonchev–Trinajstić information content (AvgIpc) is 2.88. The van der Waals surface area contributed by atoms with Crippen molar-refractivity contribution < 1.29 is 9.63 Å². The van der Waals surface area contributed by atoms with E-state index in [9.17, 15) is 0 Å². The highest BCUT2D eigenvalue weighted by atomic mass is 16.5. The van der Waals surface area contributed by atoms with Crippen LogP contribution in [-0.2, 0) is 6.42 Å². The Labute approximate surface area is 115 Å². The van der Waals surface area contributed by atoms with Crippen molar-refractivity contribution in [3.05, 3.63) is 11.7 Å². The molecule has 1 fully saturated rings. The van der Waals surface area contributed by atoms with E-state index in [0.29, 0.717) is 5.92 Å². The molecular formula is C15H26N2O2. The zero-order valence-corrected chi connectivity index (χ0v) is 12.1. The van der Waals surface area contributed by atoms with Crippen LogP contribution in [-0.4, -0.2) is 21.9 Å². The molecule has 1 aromatic heterocycles. The molecule has 4 heteroatoms. The molecule has 1 aliphatic carbocycles. The molecule has 0 aromatic carbocycles. The van der Waals surface area contributed by atoms with Crippen molar-refractivity contribution in [3.63, 3.8) is 0 Å². The minimum absolute atomic E-state index is 0.236. The van der Waals surface area contributed by atoms with Crippen LogP contribution in [0.1, 0.15) is 70.0 Å². The molecule has 0 atom stereocenters. The van der Waals surface area contributed by atoms with Gasteiger partial charge in [0.25, 0.3) is 0 Å². The van der Waals surface area contributed by atoms with E-state index in [-0.39, 0.29) is 6.61 Å². The Balaban J connectivity index is 1.82. The molecule has 108 valence electrons. The third-order valence-electron chi connectivity index (χ3n) is 4.36. The number of aromatic nitrogens is 2. The maximum atomic E-state index is 8.76. The van der Waals surface area contributed by atoms with Crippen LogP contribution in [0.2, 0.25) is 0 Å². The zero-order chi connectivity index (χ0) is 13.7. The number of aryl methyl sites for hydroxylation is 1. The summed E-state index contributed by atoms with van der Waals surface area (Å²) >= 11 is 0. The third-order valence-corrected chi connectivity index (χ3v) is 4.36. The standard InChI is InChI=1S/C15H26N2O2/c1-11(2)12-6-8-13(9-7-12)15-16-14(19-17-15)5-3-4-10-18/h11-13,18H,3-10H2,1-2H3. The summed E-state index contributed by atoms with van der Waals surface area (Å²) in [5, 5.41) is 12.9. The van der Waals surface area contributed by atoms with Gasteiger partial charge in [0.15, 0.2) is 5.82 Å². The fourth-order valence-electron chi connectivity index (χ4n) is 2.97. The summed E-state index contributed by atoms with van der Waals surface area (Å²) in [5.74, 6) is 3.79. The molecule has 1 saturated carbocycles. The SMILES string of the molecule is CC(C)C1CCC(c2noc(CCCCO)n2)CC1. The first-order valence-electron chi connectivity index (χ1n) is 7.64. The zero-order valence-electron chi connectivity index (χ0n) is 12.1. The van der Waals surface area contributed by atoms with Gasteiger partial charge in [-0.25, -0.2) is 0 Å². The molecule has 1 aliphatic rings. The van der Waals surface area contributed by atoms with E-state index in [1.165, 1.54) is 25.7 Å². The van der Waals surface area contributed by atoms with Crippen molar-refractivity contribution in [3.8, 4) is 0 Å². The van der Waals surface area contributed by atoms with Gasteiger partial charge >= 0.3 is 0 Å². The molecule has 1 heterocycles. The largest absolute Gasteiger partial charge is 0.396 e. The van der Waals surface area contributed by atoms with Gasteiger partial charge in [0.1, 0.15) is 0 Å². The topological polar surface area (TPSA) is 59.2 Å². The van der Waals surface area contributed by atoms with E-state index >= 15 is 0 Å². The van der Waals surface area contributed by atoms with Gasteiger partial charge in [-0.3, -0.25) is 0 Å². The van der Waals surface area contributed by atoms with Gasteiger partial charge in [-0.05, 0) is 50.4 Å². The van der Waals surface area contributed by atoms with Crippen LogP contribution >= 0.6 is 0 Å². The quantitative estimate of drug-likeness (QED) is 0.802. The number of aliphatic hydroxyl groups excluding tert-OH is 1. The minimum atomic E-state index is 0.236. The monoisotopic (exact) mass is 266 g/mol. The molecule has 0 amide bonds. The Morgan fingerprint density at radius 3 is 2.58 bits per heavy atom. The number of unbranched alkanes of at least 4 members (excludes halogenated alkanes) is 1. The number of hydrogen-bond acceptors (Lipinski definition) is 4. The van der Waals surface area contributed by atoms with Crippen LogP contribution < -0.4 is 0 Å². The lowest BCUT2D eigenvalue weighted by molar-refractivity contribution is 0.251. The van der Waals surface area contributed by atoms with Crippen molar-refractivity contribution in [2.24, 2.45) is 11.8 Å². The maximum absolute atomic E-state index is 8.76. The van der Waals surface area contributed by atoms with Crippen molar-refractivity contribution >= 4 is 0 Å². The summed E-state index contributed by atoms with van der Waals surface area (Å²) in [7, 11) is 0. The van der Waals surface area contributed by atoms with Gasteiger partial charge in [0.05, 0.1) is 0 Å². The van der Waals surface area contributed by atoms with Crippen LogP contribution in [0, 0.1) is 11.8 Å². The lowest BCUT2D eigenvalue weighted by Gasteiger charge is -2.29. The van der Waals surface area contributed by atoms with Crippen molar-refractivity contribution in [1.82, 2.24) is 10.1 Å². The molecule has 1 N–H and O–H groups in total. The van der Waals surface area contributed by atoms with Crippen LogP contribution in [0.3, 0.4) is 0 Å². The summed E-state index contributed by atoms with van der Waals surface area (Å²) in [6, 6.07) is 0.